The fourth-order valence-corrected chi connectivity index (χ4v) is 3.43. The van der Waals surface area contributed by atoms with Gasteiger partial charge in [-0.25, -0.2) is 4.98 Å². The third kappa shape index (κ3) is 4.50. The first-order valence-corrected chi connectivity index (χ1v) is 9.86. The molecule has 2 amide bonds. The van der Waals surface area contributed by atoms with Crippen molar-refractivity contribution < 1.29 is 18.7 Å². The lowest BCUT2D eigenvalue weighted by atomic mass is 10.1. The Morgan fingerprint density at radius 1 is 1.06 bits per heavy atom. The van der Waals surface area contributed by atoms with Crippen molar-refractivity contribution in [2.24, 2.45) is 0 Å². The van der Waals surface area contributed by atoms with E-state index in [0.717, 1.165) is 5.56 Å². The molecule has 4 rings (SSSR count). The van der Waals surface area contributed by atoms with Crippen LogP contribution in [0.15, 0.2) is 64.3 Å². The van der Waals surface area contributed by atoms with E-state index in [4.69, 9.17) is 9.15 Å². The summed E-state index contributed by atoms with van der Waals surface area (Å²) in [5.74, 6) is 0.626. The van der Waals surface area contributed by atoms with Crippen molar-refractivity contribution in [3.8, 4) is 17.0 Å². The van der Waals surface area contributed by atoms with E-state index >= 15 is 0 Å². The summed E-state index contributed by atoms with van der Waals surface area (Å²) < 4.78 is 11.6. The van der Waals surface area contributed by atoms with Gasteiger partial charge in [0, 0.05) is 37.8 Å². The number of piperazine rings is 1. The van der Waals surface area contributed by atoms with Crippen molar-refractivity contribution in [2.45, 2.75) is 6.54 Å². The van der Waals surface area contributed by atoms with Crippen molar-refractivity contribution in [3.05, 3.63) is 71.2 Å². The van der Waals surface area contributed by atoms with Gasteiger partial charge in [0.1, 0.15) is 12.3 Å². The summed E-state index contributed by atoms with van der Waals surface area (Å²) in [6.45, 7) is 1.53. The second-order valence-electron chi connectivity index (χ2n) is 7.12. The molecule has 31 heavy (non-hydrogen) atoms. The number of ether oxygens (including phenoxy) is 1. The molecule has 0 unspecified atom stereocenters. The molecule has 1 aliphatic rings. The largest absolute Gasteiger partial charge is 0.497 e. The van der Waals surface area contributed by atoms with Gasteiger partial charge in [0.25, 0.3) is 11.5 Å². The van der Waals surface area contributed by atoms with Crippen molar-refractivity contribution in [1.82, 2.24) is 19.4 Å². The molecule has 3 aromatic rings. The summed E-state index contributed by atoms with van der Waals surface area (Å²) in [7, 11) is 1.59. The van der Waals surface area contributed by atoms with Crippen LogP contribution in [0.4, 0.5) is 0 Å². The molecule has 0 atom stereocenters. The average Bonchev–Trinajstić information content (AvgIpc) is 3.35. The second kappa shape index (κ2) is 8.86. The van der Waals surface area contributed by atoms with Gasteiger partial charge in [-0.1, -0.05) is 0 Å². The van der Waals surface area contributed by atoms with Crippen LogP contribution in [0, 0.1) is 0 Å². The molecular weight excluding hydrogens is 400 g/mol. The Morgan fingerprint density at radius 2 is 1.77 bits per heavy atom. The first-order chi connectivity index (χ1) is 15.0. The number of aromatic nitrogens is 2. The van der Waals surface area contributed by atoms with Crippen molar-refractivity contribution in [1.29, 1.82) is 0 Å². The van der Waals surface area contributed by atoms with Crippen LogP contribution < -0.4 is 10.3 Å². The molecule has 9 heteroatoms. The summed E-state index contributed by atoms with van der Waals surface area (Å²) in [6, 6.07) is 11.9. The number of hydrogen-bond acceptors (Lipinski definition) is 6. The molecule has 1 aromatic carbocycles. The number of carbonyl (C=O) groups excluding carboxylic acids is 2. The molecule has 1 fully saturated rings. The average molecular weight is 422 g/mol. The monoisotopic (exact) mass is 422 g/mol. The third-order valence-corrected chi connectivity index (χ3v) is 5.22. The van der Waals surface area contributed by atoms with Gasteiger partial charge in [0.15, 0.2) is 5.76 Å². The lowest BCUT2D eigenvalue weighted by Crippen LogP contribution is -2.51. The van der Waals surface area contributed by atoms with E-state index in [1.165, 1.54) is 23.2 Å². The van der Waals surface area contributed by atoms with Gasteiger partial charge in [0.2, 0.25) is 5.91 Å². The minimum atomic E-state index is -0.305. The number of methoxy groups -OCH3 is 1. The van der Waals surface area contributed by atoms with E-state index in [-0.39, 0.29) is 29.7 Å². The highest BCUT2D eigenvalue weighted by Crippen LogP contribution is 2.19. The zero-order valence-electron chi connectivity index (χ0n) is 17.1. The SMILES string of the molecule is COc1ccc(-c2cc(=O)n(CC(=O)N3CCN(C(=O)c4ccco4)CC3)cn2)cc1. The molecule has 0 radical (unpaired) electrons. The topological polar surface area (TPSA) is 97.9 Å². The molecule has 0 bridgehead atoms. The smallest absolute Gasteiger partial charge is 0.289 e. The number of rotatable bonds is 5. The number of hydrogen-bond donors (Lipinski definition) is 0. The molecule has 1 aliphatic heterocycles. The first-order valence-electron chi connectivity index (χ1n) is 9.86. The van der Waals surface area contributed by atoms with Crippen LogP contribution >= 0.6 is 0 Å². The Morgan fingerprint density at radius 3 is 2.39 bits per heavy atom. The Bertz CT molecular complexity index is 1110. The first kappa shape index (κ1) is 20.4. The number of benzene rings is 1. The van der Waals surface area contributed by atoms with E-state index in [9.17, 15) is 14.4 Å². The highest BCUT2D eigenvalue weighted by molar-refractivity contribution is 5.91. The Hall–Kier alpha value is -3.88. The van der Waals surface area contributed by atoms with Gasteiger partial charge in [-0.15, -0.1) is 0 Å². The molecule has 0 saturated carbocycles. The predicted molar refractivity (Wildman–Crippen MR) is 112 cm³/mol. The minimum Gasteiger partial charge on any atom is -0.497 e. The summed E-state index contributed by atoms with van der Waals surface area (Å²) in [4.78, 5) is 45.1. The van der Waals surface area contributed by atoms with Crippen LogP contribution in [0.2, 0.25) is 0 Å². The zero-order chi connectivity index (χ0) is 21.8. The highest BCUT2D eigenvalue weighted by Gasteiger charge is 2.26. The zero-order valence-corrected chi connectivity index (χ0v) is 17.1. The summed E-state index contributed by atoms with van der Waals surface area (Å²) in [5, 5.41) is 0. The Balaban J connectivity index is 1.36. The van der Waals surface area contributed by atoms with Gasteiger partial charge in [-0.05, 0) is 36.4 Å². The predicted octanol–water partition coefficient (Wildman–Crippen LogP) is 1.50. The van der Waals surface area contributed by atoms with Gasteiger partial charge in [-0.3, -0.25) is 19.0 Å². The number of nitrogens with zero attached hydrogens (tertiary/aromatic N) is 4. The van der Waals surface area contributed by atoms with E-state index < -0.39 is 0 Å². The van der Waals surface area contributed by atoms with Crippen LogP contribution in [0.3, 0.4) is 0 Å². The van der Waals surface area contributed by atoms with Gasteiger partial charge in [-0.2, -0.15) is 0 Å². The van der Waals surface area contributed by atoms with E-state index in [1.54, 1.807) is 41.2 Å². The fourth-order valence-electron chi connectivity index (χ4n) is 3.43. The Kier molecular flexibility index (Phi) is 5.83. The molecule has 0 aliphatic carbocycles. The maximum atomic E-state index is 12.7. The van der Waals surface area contributed by atoms with Crippen LogP contribution in [0.5, 0.6) is 5.75 Å². The third-order valence-electron chi connectivity index (χ3n) is 5.22. The summed E-state index contributed by atoms with van der Waals surface area (Å²) >= 11 is 0. The van der Waals surface area contributed by atoms with Crippen molar-refractivity contribution in [2.75, 3.05) is 33.3 Å². The second-order valence-corrected chi connectivity index (χ2v) is 7.12. The molecular formula is C22H22N4O5. The number of furan rings is 1. The van der Waals surface area contributed by atoms with Crippen molar-refractivity contribution in [3.63, 3.8) is 0 Å². The highest BCUT2D eigenvalue weighted by atomic mass is 16.5. The standard InChI is InChI=1S/C22H22N4O5/c1-30-17-6-4-16(5-7-17)18-13-20(27)26(15-23-18)14-21(28)24-8-10-25(11-9-24)22(29)19-3-2-12-31-19/h2-7,12-13,15H,8-11,14H2,1H3. The summed E-state index contributed by atoms with van der Waals surface area (Å²) in [5.41, 5.74) is 1.01. The van der Waals surface area contributed by atoms with E-state index in [0.29, 0.717) is 37.6 Å². The lowest BCUT2D eigenvalue weighted by Gasteiger charge is -2.34. The molecule has 160 valence electrons. The lowest BCUT2D eigenvalue weighted by molar-refractivity contribution is -0.133. The quantitative estimate of drug-likeness (QED) is 0.618. The van der Waals surface area contributed by atoms with Gasteiger partial charge < -0.3 is 19.0 Å². The molecule has 2 aromatic heterocycles. The van der Waals surface area contributed by atoms with Gasteiger partial charge in [0.05, 0.1) is 25.4 Å². The molecule has 1 saturated heterocycles. The fraction of sp³-hybridized carbons (Fsp3) is 0.273. The molecule has 3 heterocycles. The number of amides is 2. The molecule has 0 spiro atoms. The van der Waals surface area contributed by atoms with Crippen LogP contribution in [-0.2, 0) is 11.3 Å². The van der Waals surface area contributed by atoms with Crippen LogP contribution in [0.1, 0.15) is 10.6 Å². The van der Waals surface area contributed by atoms with E-state index in [2.05, 4.69) is 4.98 Å². The normalized spacial score (nSPS) is 13.8. The summed E-state index contributed by atoms with van der Waals surface area (Å²) in [6.07, 6.45) is 2.84. The van der Waals surface area contributed by atoms with Crippen LogP contribution in [-0.4, -0.2) is 64.5 Å². The molecule has 0 N–H and O–H groups in total. The number of carbonyl (C=O) groups is 2. The maximum absolute atomic E-state index is 12.7. The van der Waals surface area contributed by atoms with Crippen LogP contribution in [0.25, 0.3) is 11.3 Å². The van der Waals surface area contributed by atoms with Gasteiger partial charge >= 0.3 is 0 Å². The molecule has 9 nitrogen and oxygen atoms in total. The Labute approximate surface area is 178 Å². The minimum absolute atomic E-state index is 0.0964. The maximum Gasteiger partial charge on any atom is 0.289 e. The van der Waals surface area contributed by atoms with E-state index in [1.807, 2.05) is 12.1 Å². The van der Waals surface area contributed by atoms with Crippen molar-refractivity contribution >= 4 is 11.8 Å².